The molecule has 2 aromatic rings. The van der Waals surface area contributed by atoms with Crippen LogP contribution in [0.3, 0.4) is 0 Å². The van der Waals surface area contributed by atoms with Gasteiger partial charge in [0, 0.05) is 11.3 Å². The number of alkyl halides is 2. The van der Waals surface area contributed by atoms with Gasteiger partial charge in [0.1, 0.15) is 6.04 Å². The number of hydrogen-bond acceptors (Lipinski definition) is 6. The number of hydrogen-bond donors (Lipinski definition) is 2. The van der Waals surface area contributed by atoms with E-state index in [1.54, 1.807) is 45.0 Å². The number of carbonyl (C=O) groups excluding carboxylic acids is 3. The van der Waals surface area contributed by atoms with Crippen molar-refractivity contribution in [2.75, 3.05) is 11.9 Å². The highest BCUT2D eigenvalue weighted by molar-refractivity contribution is 7.91. The fraction of sp³-hybridized carbons (Fsp3) is 0.318. The summed E-state index contributed by atoms with van der Waals surface area (Å²) in [6, 6.07) is 9.99. The number of anilines is 1. The van der Waals surface area contributed by atoms with E-state index in [1.807, 2.05) is 0 Å². The molecule has 2 aromatic carbocycles. The molecule has 0 fully saturated rings. The van der Waals surface area contributed by atoms with Gasteiger partial charge >= 0.3 is 11.7 Å². The van der Waals surface area contributed by atoms with Crippen LogP contribution in [0.15, 0.2) is 53.4 Å². The molecule has 1 atom stereocenters. The second-order valence-electron chi connectivity index (χ2n) is 7.50. The number of amides is 2. The molecule has 0 saturated carbocycles. The summed E-state index contributed by atoms with van der Waals surface area (Å²) in [5, 5.41) is 4.97. The predicted octanol–water partition coefficient (Wildman–Crippen LogP) is 2.93. The number of sulfone groups is 1. The Labute approximate surface area is 190 Å². The minimum absolute atomic E-state index is 0.123. The average Bonchev–Trinajstić information content (AvgIpc) is 2.76. The summed E-state index contributed by atoms with van der Waals surface area (Å²) in [7, 11) is -4.74. The van der Waals surface area contributed by atoms with E-state index >= 15 is 0 Å². The highest BCUT2D eigenvalue weighted by atomic mass is 32.2. The van der Waals surface area contributed by atoms with Gasteiger partial charge in [-0.2, -0.15) is 8.78 Å². The largest absolute Gasteiger partial charge is 0.454 e. The average molecular weight is 483 g/mol. The van der Waals surface area contributed by atoms with Crippen molar-refractivity contribution in [1.82, 2.24) is 5.32 Å². The molecule has 0 radical (unpaired) electrons. The van der Waals surface area contributed by atoms with E-state index in [-0.39, 0.29) is 11.6 Å². The van der Waals surface area contributed by atoms with Crippen LogP contribution in [-0.2, 0) is 24.2 Å². The van der Waals surface area contributed by atoms with Gasteiger partial charge in [0.25, 0.3) is 11.8 Å². The lowest BCUT2D eigenvalue weighted by molar-refractivity contribution is -0.150. The van der Waals surface area contributed by atoms with Crippen LogP contribution in [0.5, 0.6) is 0 Å². The Kier molecular flexibility index (Phi) is 8.63. The lowest BCUT2D eigenvalue weighted by Crippen LogP contribution is -2.46. The third-order valence-electron chi connectivity index (χ3n) is 4.64. The molecule has 0 unspecified atom stereocenters. The van der Waals surface area contributed by atoms with Crippen molar-refractivity contribution < 1.29 is 36.3 Å². The molecule has 0 spiro atoms. The zero-order valence-corrected chi connectivity index (χ0v) is 19.0. The molecule has 11 heteroatoms. The summed E-state index contributed by atoms with van der Waals surface area (Å²) >= 11 is 0. The molecule has 8 nitrogen and oxygen atoms in total. The first-order valence-corrected chi connectivity index (χ1v) is 11.4. The van der Waals surface area contributed by atoms with Gasteiger partial charge in [-0.3, -0.25) is 9.59 Å². The van der Waals surface area contributed by atoms with E-state index in [1.165, 1.54) is 0 Å². The summed E-state index contributed by atoms with van der Waals surface area (Å²) in [5.41, 5.74) is 1.26. The van der Waals surface area contributed by atoms with E-state index < -0.39 is 50.9 Å². The fourth-order valence-electron chi connectivity index (χ4n) is 2.80. The van der Waals surface area contributed by atoms with Gasteiger partial charge in [-0.05, 0) is 48.7 Å². The van der Waals surface area contributed by atoms with Crippen LogP contribution in [0.4, 0.5) is 14.5 Å². The molecular formula is C22H24F2N2O6S. The van der Waals surface area contributed by atoms with Gasteiger partial charge in [-0.15, -0.1) is 0 Å². The Morgan fingerprint density at radius 1 is 1.00 bits per heavy atom. The molecule has 0 heterocycles. The molecule has 0 aliphatic carbocycles. The maximum Gasteiger partial charge on any atom is 0.341 e. The van der Waals surface area contributed by atoms with Crippen LogP contribution >= 0.6 is 0 Å². The molecule has 0 saturated heterocycles. The first kappa shape index (κ1) is 25.9. The summed E-state index contributed by atoms with van der Waals surface area (Å²) in [6.07, 6.45) is 0. The normalized spacial score (nSPS) is 12.3. The Morgan fingerprint density at radius 2 is 1.61 bits per heavy atom. The SMILES string of the molecule is Cc1ccccc1C(=O)N[C@H](C(=O)OCC(=O)Nc1ccc(S(=O)(=O)C(F)F)cc1)C(C)C. The van der Waals surface area contributed by atoms with Crippen LogP contribution in [0.1, 0.15) is 29.8 Å². The third-order valence-corrected chi connectivity index (χ3v) is 6.04. The van der Waals surface area contributed by atoms with Crippen LogP contribution in [0.2, 0.25) is 0 Å². The molecule has 0 bridgehead atoms. The molecule has 2 rings (SSSR count). The van der Waals surface area contributed by atoms with Crippen molar-refractivity contribution in [3.63, 3.8) is 0 Å². The molecule has 0 aromatic heterocycles. The maximum atomic E-state index is 12.6. The van der Waals surface area contributed by atoms with E-state index in [4.69, 9.17) is 4.74 Å². The van der Waals surface area contributed by atoms with Gasteiger partial charge in [0.15, 0.2) is 6.61 Å². The lowest BCUT2D eigenvalue weighted by Gasteiger charge is -2.21. The molecule has 33 heavy (non-hydrogen) atoms. The first-order valence-electron chi connectivity index (χ1n) is 9.88. The number of nitrogens with one attached hydrogen (secondary N) is 2. The first-order chi connectivity index (χ1) is 15.4. The zero-order chi connectivity index (χ0) is 24.8. The van der Waals surface area contributed by atoms with Crippen LogP contribution in [0, 0.1) is 12.8 Å². The van der Waals surface area contributed by atoms with E-state index in [0.717, 1.165) is 29.8 Å². The van der Waals surface area contributed by atoms with Gasteiger partial charge in [0.05, 0.1) is 4.90 Å². The Bertz CT molecular complexity index is 1120. The van der Waals surface area contributed by atoms with E-state index in [9.17, 15) is 31.6 Å². The number of rotatable bonds is 9. The number of benzene rings is 2. The van der Waals surface area contributed by atoms with Crippen molar-refractivity contribution in [2.24, 2.45) is 5.92 Å². The fourth-order valence-corrected chi connectivity index (χ4v) is 3.52. The summed E-state index contributed by atoms with van der Waals surface area (Å²) < 4.78 is 53.0. The van der Waals surface area contributed by atoms with Gasteiger partial charge in [-0.1, -0.05) is 32.0 Å². The summed E-state index contributed by atoms with van der Waals surface area (Å²) in [5.74, 6) is -5.87. The summed E-state index contributed by atoms with van der Waals surface area (Å²) in [4.78, 5) is 36.5. The van der Waals surface area contributed by atoms with Gasteiger partial charge < -0.3 is 15.4 Å². The molecule has 0 aliphatic heterocycles. The van der Waals surface area contributed by atoms with E-state index in [2.05, 4.69) is 10.6 Å². The van der Waals surface area contributed by atoms with Crippen molar-refractivity contribution >= 4 is 33.3 Å². The summed E-state index contributed by atoms with van der Waals surface area (Å²) in [6.45, 7) is 4.51. The second-order valence-corrected chi connectivity index (χ2v) is 9.41. The van der Waals surface area contributed by atoms with Crippen LogP contribution in [0.25, 0.3) is 0 Å². The Morgan fingerprint density at radius 3 is 2.15 bits per heavy atom. The monoisotopic (exact) mass is 482 g/mol. The Hall–Kier alpha value is -3.34. The number of carbonyl (C=O) groups is 3. The van der Waals surface area contributed by atoms with Crippen molar-refractivity contribution in [2.45, 2.75) is 37.5 Å². The number of halogens is 2. The minimum atomic E-state index is -4.74. The van der Waals surface area contributed by atoms with Gasteiger partial charge in [-0.25, -0.2) is 13.2 Å². The van der Waals surface area contributed by atoms with Crippen LogP contribution in [-0.4, -0.2) is 44.6 Å². The third kappa shape index (κ3) is 6.82. The highest BCUT2D eigenvalue weighted by Crippen LogP contribution is 2.20. The van der Waals surface area contributed by atoms with Crippen molar-refractivity contribution in [3.8, 4) is 0 Å². The standard InChI is InChI=1S/C22H24F2N2O6S/c1-13(2)19(26-20(28)17-7-5-4-6-14(17)3)21(29)32-12-18(27)25-15-8-10-16(11-9-15)33(30,31)22(23)24/h4-11,13,19,22H,12H2,1-3H3,(H,25,27)(H,26,28)/t19-/m0/s1. The number of ether oxygens (including phenoxy) is 1. The second kappa shape index (κ2) is 11.0. The van der Waals surface area contributed by atoms with Gasteiger partial charge in [0.2, 0.25) is 9.84 Å². The minimum Gasteiger partial charge on any atom is -0.454 e. The topological polar surface area (TPSA) is 119 Å². The molecule has 178 valence electrons. The van der Waals surface area contributed by atoms with Crippen LogP contribution < -0.4 is 10.6 Å². The van der Waals surface area contributed by atoms with Crippen molar-refractivity contribution in [1.29, 1.82) is 0 Å². The predicted molar refractivity (Wildman–Crippen MR) is 116 cm³/mol. The molecule has 0 aliphatic rings. The lowest BCUT2D eigenvalue weighted by atomic mass is 10.0. The van der Waals surface area contributed by atoms with Crippen molar-refractivity contribution in [3.05, 3.63) is 59.7 Å². The zero-order valence-electron chi connectivity index (χ0n) is 18.2. The quantitative estimate of drug-likeness (QED) is 0.531. The molecule has 2 amide bonds. The number of aryl methyl sites for hydroxylation is 1. The Balaban J connectivity index is 1.95. The highest BCUT2D eigenvalue weighted by Gasteiger charge is 2.28. The maximum absolute atomic E-state index is 12.6. The smallest absolute Gasteiger partial charge is 0.341 e. The molecule has 2 N–H and O–H groups in total. The van der Waals surface area contributed by atoms with E-state index in [0.29, 0.717) is 5.56 Å². The molecular weight excluding hydrogens is 458 g/mol. The number of esters is 1.